The van der Waals surface area contributed by atoms with Gasteiger partial charge in [0.1, 0.15) is 5.75 Å². The molecular formula is C15H25NO2. The number of hydrogen-bond donors (Lipinski definition) is 2. The fraction of sp³-hybridized carbons (Fsp3) is 0.600. The normalized spacial score (nSPS) is 14.6. The fourth-order valence-electron chi connectivity index (χ4n) is 2.01. The summed E-state index contributed by atoms with van der Waals surface area (Å²) < 4.78 is 5.22. The van der Waals surface area contributed by atoms with Gasteiger partial charge < -0.3 is 15.6 Å². The van der Waals surface area contributed by atoms with Gasteiger partial charge in [0.15, 0.2) is 0 Å². The van der Waals surface area contributed by atoms with Crippen LogP contribution < -0.4 is 10.5 Å². The lowest BCUT2D eigenvalue weighted by atomic mass is 9.95. The lowest BCUT2D eigenvalue weighted by Crippen LogP contribution is -2.26. The zero-order valence-electron chi connectivity index (χ0n) is 11.8. The molecule has 3 nitrogen and oxygen atoms in total. The molecule has 0 spiro atoms. The minimum Gasteiger partial charge on any atom is -0.496 e. The molecular weight excluding hydrogens is 226 g/mol. The van der Waals surface area contributed by atoms with Crippen LogP contribution in [0, 0.1) is 12.8 Å². The number of hydrogen-bond acceptors (Lipinski definition) is 3. The molecule has 3 N–H and O–H groups in total. The van der Waals surface area contributed by atoms with E-state index in [1.54, 1.807) is 7.11 Å². The SMILES string of the molecule is COc1ccc([C@@H](N)[C@@H](O)CCC(C)C)cc1C. The van der Waals surface area contributed by atoms with E-state index in [4.69, 9.17) is 10.5 Å². The molecule has 0 heterocycles. The summed E-state index contributed by atoms with van der Waals surface area (Å²) in [4.78, 5) is 0. The van der Waals surface area contributed by atoms with Gasteiger partial charge in [-0.25, -0.2) is 0 Å². The van der Waals surface area contributed by atoms with E-state index in [0.717, 1.165) is 29.7 Å². The van der Waals surface area contributed by atoms with Crippen LogP contribution in [0.2, 0.25) is 0 Å². The Hall–Kier alpha value is -1.06. The number of ether oxygens (including phenoxy) is 1. The number of rotatable bonds is 6. The zero-order chi connectivity index (χ0) is 13.7. The van der Waals surface area contributed by atoms with Gasteiger partial charge in [0.05, 0.1) is 19.3 Å². The van der Waals surface area contributed by atoms with Crippen LogP contribution in [0.15, 0.2) is 18.2 Å². The molecule has 3 heteroatoms. The van der Waals surface area contributed by atoms with Crippen molar-refractivity contribution in [2.24, 2.45) is 11.7 Å². The average molecular weight is 251 g/mol. The second kappa shape index (κ2) is 6.76. The van der Waals surface area contributed by atoms with E-state index in [0.29, 0.717) is 5.92 Å². The van der Waals surface area contributed by atoms with Crippen molar-refractivity contribution in [2.75, 3.05) is 7.11 Å². The molecule has 2 atom stereocenters. The third-order valence-electron chi connectivity index (χ3n) is 3.26. The smallest absolute Gasteiger partial charge is 0.121 e. The van der Waals surface area contributed by atoms with E-state index in [2.05, 4.69) is 13.8 Å². The monoisotopic (exact) mass is 251 g/mol. The minimum absolute atomic E-state index is 0.326. The Morgan fingerprint density at radius 2 is 1.94 bits per heavy atom. The van der Waals surface area contributed by atoms with E-state index < -0.39 is 6.10 Å². The summed E-state index contributed by atoms with van der Waals surface area (Å²) in [5, 5.41) is 10.1. The number of aliphatic hydroxyl groups excluding tert-OH is 1. The second-order valence-corrected chi connectivity index (χ2v) is 5.29. The van der Waals surface area contributed by atoms with Gasteiger partial charge in [-0.1, -0.05) is 26.0 Å². The number of aryl methyl sites for hydroxylation is 1. The Kier molecular flexibility index (Phi) is 5.63. The fourth-order valence-corrected chi connectivity index (χ4v) is 2.01. The molecule has 0 aliphatic carbocycles. The Bertz CT molecular complexity index is 377. The summed E-state index contributed by atoms with van der Waals surface area (Å²) in [6, 6.07) is 5.49. The minimum atomic E-state index is -0.486. The van der Waals surface area contributed by atoms with Crippen molar-refractivity contribution in [3.63, 3.8) is 0 Å². The first-order chi connectivity index (χ1) is 8.45. The van der Waals surface area contributed by atoms with E-state index in [-0.39, 0.29) is 6.04 Å². The molecule has 1 rings (SSSR count). The highest BCUT2D eigenvalue weighted by Gasteiger charge is 2.17. The first-order valence-corrected chi connectivity index (χ1v) is 6.54. The van der Waals surface area contributed by atoms with Gasteiger partial charge in [-0.2, -0.15) is 0 Å². The Morgan fingerprint density at radius 3 is 2.44 bits per heavy atom. The van der Waals surface area contributed by atoms with Crippen LogP contribution in [0.25, 0.3) is 0 Å². The molecule has 0 amide bonds. The van der Waals surface area contributed by atoms with Crippen molar-refractivity contribution in [2.45, 2.75) is 45.8 Å². The largest absolute Gasteiger partial charge is 0.496 e. The molecule has 0 aromatic heterocycles. The van der Waals surface area contributed by atoms with Gasteiger partial charge in [0.25, 0.3) is 0 Å². The highest BCUT2D eigenvalue weighted by Crippen LogP contribution is 2.24. The summed E-state index contributed by atoms with van der Waals surface area (Å²) in [6.45, 7) is 6.28. The number of benzene rings is 1. The van der Waals surface area contributed by atoms with Crippen molar-refractivity contribution in [3.05, 3.63) is 29.3 Å². The molecule has 0 aliphatic rings. The molecule has 0 bridgehead atoms. The standard InChI is InChI=1S/C15H25NO2/c1-10(2)5-7-13(17)15(16)12-6-8-14(18-4)11(3)9-12/h6,8-10,13,15,17H,5,7,16H2,1-4H3/t13-,15+/m0/s1. The number of aliphatic hydroxyl groups is 1. The zero-order valence-corrected chi connectivity index (χ0v) is 11.8. The maximum absolute atomic E-state index is 10.1. The van der Waals surface area contributed by atoms with Gasteiger partial charge in [0, 0.05) is 0 Å². The first kappa shape index (κ1) is 15.0. The molecule has 1 aromatic rings. The topological polar surface area (TPSA) is 55.5 Å². The lowest BCUT2D eigenvalue weighted by molar-refractivity contribution is 0.128. The summed E-state index contributed by atoms with van der Waals surface area (Å²) in [5.41, 5.74) is 8.10. The Morgan fingerprint density at radius 1 is 1.28 bits per heavy atom. The Balaban J connectivity index is 2.71. The maximum Gasteiger partial charge on any atom is 0.121 e. The van der Waals surface area contributed by atoms with Gasteiger partial charge in [-0.15, -0.1) is 0 Å². The van der Waals surface area contributed by atoms with Crippen molar-refractivity contribution in [3.8, 4) is 5.75 Å². The molecule has 0 saturated carbocycles. The highest BCUT2D eigenvalue weighted by atomic mass is 16.5. The van der Waals surface area contributed by atoms with Gasteiger partial charge >= 0.3 is 0 Å². The van der Waals surface area contributed by atoms with Crippen molar-refractivity contribution >= 4 is 0 Å². The third kappa shape index (κ3) is 4.00. The predicted molar refractivity (Wildman–Crippen MR) is 74.7 cm³/mol. The number of methoxy groups -OCH3 is 1. The van der Waals surface area contributed by atoms with E-state index >= 15 is 0 Å². The van der Waals surface area contributed by atoms with Crippen LogP contribution in [0.5, 0.6) is 5.75 Å². The second-order valence-electron chi connectivity index (χ2n) is 5.29. The summed E-state index contributed by atoms with van der Waals surface area (Å²) in [5.74, 6) is 1.44. The molecule has 0 unspecified atom stereocenters. The highest BCUT2D eigenvalue weighted by molar-refractivity contribution is 5.37. The van der Waals surface area contributed by atoms with Gasteiger partial charge in [-0.3, -0.25) is 0 Å². The van der Waals surface area contributed by atoms with Crippen molar-refractivity contribution in [1.82, 2.24) is 0 Å². The van der Waals surface area contributed by atoms with Crippen LogP contribution in [0.4, 0.5) is 0 Å². The van der Waals surface area contributed by atoms with Crippen molar-refractivity contribution in [1.29, 1.82) is 0 Å². The molecule has 102 valence electrons. The summed E-state index contributed by atoms with van der Waals surface area (Å²) in [6.07, 6.45) is 1.24. The molecule has 0 saturated heterocycles. The van der Waals surface area contributed by atoms with Crippen molar-refractivity contribution < 1.29 is 9.84 Å². The molecule has 1 aromatic carbocycles. The van der Waals surface area contributed by atoms with E-state index in [9.17, 15) is 5.11 Å². The van der Waals surface area contributed by atoms with E-state index in [1.165, 1.54) is 0 Å². The molecule has 0 aliphatic heterocycles. The van der Waals surface area contributed by atoms with Crippen LogP contribution >= 0.6 is 0 Å². The first-order valence-electron chi connectivity index (χ1n) is 6.54. The Labute approximate surface area is 110 Å². The van der Waals surface area contributed by atoms with Gasteiger partial charge in [0.2, 0.25) is 0 Å². The van der Waals surface area contributed by atoms with Crippen LogP contribution in [0.1, 0.15) is 43.9 Å². The lowest BCUT2D eigenvalue weighted by Gasteiger charge is -2.21. The maximum atomic E-state index is 10.1. The van der Waals surface area contributed by atoms with Crippen LogP contribution in [-0.2, 0) is 0 Å². The summed E-state index contributed by atoms with van der Waals surface area (Å²) >= 11 is 0. The molecule has 0 radical (unpaired) electrons. The van der Waals surface area contributed by atoms with Crippen LogP contribution in [-0.4, -0.2) is 18.3 Å². The van der Waals surface area contributed by atoms with Crippen LogP contribution in [0.3, 0.4) is 0 Å². The third-order valence-corrected chi connectivity index (χ3v) is 3.26. The summed E-state index contributed by atoms with van der Waals surface area (Å²) in [7, 11) is 1.65. The molecule has 18 heavy (non-hydrogen) atoms. The quantitative estimate of drug-likeness (QED) is 0.817. The molecule has 0 fully saturated rings. The number of nitrogens with two attached hydrogens (primary N) is 1. The predicted octanol–water partition coefficient (Wildman–Crippen LogP) is 2.80. The van der Waals surface area contributed by atoms with E-state index in [1.807, 2.05) is 25.1 Å². The van der Waals surface area contributed by atoms with Gasteiger partial charge in [-0.05, 0) is 42.9 Å². The average Bonchev–Trinajstić information content (AvgIpc) is 2.34.